The Bertz CT molecular complexity index is 1070. The number of aryl methyl sites for hydroxylation is 1. The summed E-state index contributed by atoms with van der Waals surface area (Å²) in [6, 6.07) is 15.3. The van der Waals surface area contributed by atoms with Crippen molar-refractivity contribution in [1.29, 1.82) is 0 Å². The molecule has 8 heteroatoms. The molecule has 0 aliphatic rings. The van der Waals surface area contributed by atoms with E-state index in [1.54, 1.807) is 4.68 Å². The zero-order valence-corrected chi connectivity index (χ0v) is 15.0. The van der Waals surface area contributed by atoms with E-state index in [1.165, 1.54) is 0 Å². The predicted molar refractivity (Wildman–Crippen MR) is 100 cm³/mol. The summed E-state index contributed by atoms with van der Waals surface area (Å²) in [4.78, 5) is 4.40. The maximum Gasteiger partial charge on any atom is 0.282 e. The van der Waals surface area contributed by atoms with Gasteiger partial charge in [0.05, 0.1) is 12.3 Å². The largest absolute Gasteiger partial charge is 0.494 e. The van der Waals surface area contributed by atoms with Crippen LogP contribution >= 0.6 is 0 Å². The van der Waals surface area contributed by atoms with Crippen molar-refractivity contribution < 1.29 is 9.26 Å². The summed E-state index contributed by atoms with van der Waals surface area (Å²) in [6.07, 6.45) is 0. The average Bonchev–Trinajstić information content (AvgIpc) is 3.29. The lowest BCUT2D eigenvalue weighted by Crippen LogP contribution is -2.02. The van der Waals surface area contributed by atoms with Gasteiger partial charge in [0.2, 0.25) is 5.82 Å². The lowest BCUT2D eigenvalue weighted by atomic mass is 10.2. The van der Waals surface area contributed by atoms with E-state index in [-0.39, 0.29) is 5.89 Å². The molecule has 0 bridgehead atoms. The van der Waals surface area contributed by atoms with Crippen LogP contribution in [0.3, 0.4) is 0 Å². The van der Waals surface area contributed by atoms with Gasteiger partial charge in [-0.05, 0) is 55.8 Å². The predicted octanol–water partition coefficient (Wildman–Crippen LogP) is 3.27. The molecule has 4 aromatic rings. The molecule has 0 atom stereocenters. The first kappa shape index (κ1) is 16.8. The lowest BCUT2D eigenvalue weighted by molar-refractivity contribution is 0.340. The maximum atomic E-state index is 6.21. The molecule has 2 N–H and O–H groups in total. The quantitative estimate of drug-likeness (QED) is 0.581. The van der Waals surface area contributed by atoms with E-state index in [4.69, 9.17) is 15.0 Å². The van der Waals surface area contributed by atoms with E-state index in [9.17, 15) is 0 Å². The number of rotatable bonds is 5. The normalized spacial score (nSPS) is 10.9. The first-order chi connectivity index (χ1) is 13.2. The Balaban J connectivity index is 1.64. The highest BCUT2D eigenvalue weighted by Crippen LogP contribution is 2.27. The molecule has 0 saturated heterocycles. The van der Waals surface area contributed by atoms with Crippen molar-refractivity contribution in [2.24, 2.45) is 0 Å². The van der Waals surface area contributed by atoms with Crippen LogP contribution in [0.4, 0.5) is 5.82 Å². The van der Waals surface area contributed by atoms with Crippen LogP contribution < -0.4 is 10.5 Å². The van der Waals surface area contributed by atoms with Crippen molar-refractivity contribution in [3.8, 4) is 34.4 Å². The fraction of sp³-hybridized carbons (Fsp3) is 0.158. The minimum absolute atomic E-state index is 0.218. The first-order valence-electron chi connectivity index (χ1n) is 8.51. The number of nitrogen functional groups attached to an aromatic ring is 1. The van der Waals surface area contributed by atoms with E-state index in [1.807, 2.05) is 62.4 Å². The first-order valence-corrected chi connectivity index (χ1v) is 8.51. The summed E-state index contributed by atoms with van der Waals surface area (Å²) in [5.74, 6) is 1.78. The number of hydrogen-bond acceptors (Lipinski definition) is 7. The van der Waals surface area contributed by atoms with Crippen LogP contribution in [0.15, 0.2) is 53.1 Å². The molecule has 27 heavy (non-hydrogen) atoms. The number of hydrogen-bond donors (Lipinski definition) is 1. The summed E-state index contributed by atoms with van der Waals surface area (Å²) in [5, 5.41) is 12.2. The van der Waals surface area contributed by atoms with E-state index in [0.717, 1.165) is 22.6 Å². The van der Waals surface area contributed by atoms with Gasteiger partial charge in [-0.3, -0.25) is 0 Å². The molecule has 2 aromatic heterocycles. The minimum Gasteiger partial charge on any atom is -0.494 e. The molecule has 2 aromatic carbocycles. The Labute approximate surface area is 155 Å². The van der Waals surface area contributed by atoms with Gasteiger partial charge >= 0.3 is 0 Å². The third kappa shape index (κ3) is 3.24. The van der Waals surface area contributed by atoms with Crippen molar-refractivity contribution in [3.63, 3.8) is 0 Å². The second-order valence-corrected chi connectivity index (χ2v) is 5.95. The SMILES string of the molecule is CCOc1ccc(-c2noc(-c3nnn(-c4cccc(C)c4)c3N)n2)cc1. The standard InChI is InChI=1S/C19H18N6O2/c1-3-26-15-9-7-13(8-10-15)18-21-19(27-23-18)16-17(20)25(24-22-16)14-6-4-5-12(2)11-14/h4-11H,3,20H2,1-2H3. The highest BCUT2D eigenvalue weighted by molar-refractivity contribution is 5.66. The lowest BCUT2D eigenvalue weighted by Gasteiger charge is -2.03. The fourth-order valence-corrected chi connectivity index (χ4v) is 2.70. The van der Waals surface area contributed by atoms with Crippen molar-refractivity contribution in [2.75, 3.05) is 12.3 Å². The Morgan fingerprint density at radius 1 is 1.15 bits per heavy atom. The minimum atomic E-state index is 0.218. The topological polar surface area (TPSA) is 105 Å². The number of anilines is 1. The molecular weight excluding hydrogens is 344 g/mol. The molecule has 0 unspecified atom stereocenters. The molecule has 0 saturated carbocycles. The summed E-state index contributed by atoms with van der Waals surface area (Å²) < 4.78 is 12.3. The molecule has 2 heterocycles. The van der Waals surface area contributed by atoms with Crippen LogP contribution in [0.5, 0.6) is 5.75 Å². The molecular formula is C19H18N6O2. The van der Waals surface area contributed by atoms with Crippen molar-refractivity contribution in [2.45, 2.75) is 13.8 Å². The van der Waals surface area contributed by atoms with Crippen molar-refractivity contribution in [1.82, 2.24) is 25.1 Å². The van der Waals surface area contributed by atoms with Crippen LogP contribution in [0.25, 0.3) is 28.7 Å². The summed E-state index contributed by atoms with van der Waals surface area (Å²) in [5.41, 5.74) is 9.28. The van der Waals surface area contributed by atoms with Gasteiger partial charge in [-0.2, -0.15) is 9.67 Å². The molecule has 4 rings (SSSR count). The van der Waals surface area contributed by atoms with Crippen LogP contribution in [0.1, 0.15) is 12.5 Å². The molecule has 0 radical (unpaired) electrons. The van der Waals surface area contributed by atoms with Gasteiger partial charge in [0.15, 0.2) is 11.5 Å². The van der Waals surface area contributed by atoms with Gasteiger partial charge in [0.1, 0.15) is 5.75 Å². The van der Waals surface area contributed by atoms with Crippen LogP contribution in [0.2, 0.25) is 0 Å². The van der Waals surface area contributed by atoms with Crippen LogP contribution in [0, 0.1) is 6.92 Å². The summed E-state index contributed by atoms with van der Waals surface area (Å²) >= 11 is 0. The number of nitrogens with two attached hydrogens (primary N) is 1. The Kier molecular flexibility index (Phi) is 4.29. The monoisotopic (exact) mass is 362 g/mol. The fourth-order valence-electron chi connectivity index (χ4n) is 2.70. The highest BCUT2D eigenvalue weighted by atomic mass is 16.5. The van der Waals surface area contributed by atoms with E-state index in [0.29, 0.717) is 23.9 Å². The van der Waals surface area contributed by atoms with Gasteiger partial charge in [-0.25, -0.2) is 0 Å². The number of aromatic nitrogens is 5. The second-order valence-electron chi connectivity index (χ2n) is 5.95. The van der Waals surface area contributed by atoms with Gasteiger partial charge in [-0.1, -0.05) is 22.5 Å². The van der Waals surface area contributed by atoms with Gasteiger partial charge < -0.3 is 15.0 Å². The van der Waals surface area contributed by atoms with Crippen LogP contribution in [-0.4, -0.2) is 31.7 Å². The molecule has 0 aliphatic carbocycles. The van der Waals surface area contributed by atoms with E-state index >= 15 is 0 Å². The zero-order valence-electron chi connectivity index (χ0n) is 15.0. The number of benzene rings is 2. The zero-order chi connectivity index (χ0) is 18.8. The number of ether oxygens (including phenoxy) is 1. The molecule has 0 aliphatic heterocycles. The summed E-state index contributed by atoms with van der Waals surface area (Å²) in [7, 11) is 0. The molecule has 0 spiro atoms. The smallest absolute Gasteiger partial charge is 0.282 e. The van der Waals surface area contributed by atoms with E-state index in [2.05, 4.69) is 20.5 Å². The highest BCUT2D eigenvalue weighted by Gasteiger charge is 2.19. The molecule has 0 amide bonds. The van der Waals surface area contributed by atoms with Crippen LogP contribution in [-0.2, 0) is 0 Å². The third-order valence-electron chi connectivity index (χ3n) is 4.00. The Morgan fingerprint density at radius 3 is 2.70 bits per heavy atom. The van der Waals surface area contributed by atoms with Crippen molar-refractivity contribution >= 4 is 5.82 Å². The third-order valence-corrected chi connectivity index (χ3v) is 4.00. The van der Waals surface area contributed by atoms with E-state index < -0.39 is 0 Å². The number of nitrogens with zero attached hydrogens (tertiary/aromatic N) is 5. The van der Waals surface area contributed by atoms with Gasteiger partial charge in [0, 0.05) is 5.56 Å². The Hall–Kier alpha value is -3.68. The maximum absolute atomic E-state index is 6.21. The van der Waals surface area contributed by atoms with Gasteiger partial charge in [0.25, 0.3) is 5.89 Å². The summed E-state index contributed by atoms with van der Waals surface area (Å²) in [6.45, 7) is 4.55. The molecule has 136 valence electrons. The Morgan fingerprint density at radius 2 is 1.96 bits per heavy atom. The van der Waals surface area contributed by atoms with Gasteiger partial charge in [-0.15, -0.1) is 5.10 Å². The molecule has 8 nitrogen and oxygen atoms in total. The molecule has 0 fully saturated rings. The average molecular weight is 362 g/mol. The second kappa shape index (κ2) is 6.91. The van der Waals surface area contributed by atoms with Crippen molar-refractivity contribution in [3.05, 3.63) is 54.1 Å².